The Labute approximate surface area is 119 Å². The van der Waals surface area contributed by atoms with Gasteiger partial charge in [0, 0.05) is 18.8 Å². The molecule has 2 atom stereocenters. The van der Waals surface area contributed by atoms with Gasteiger partial charge in [-0.05, 0) is 42.7 Å². The van der Waals surface area contributed by atoms with Crippen molar-refractivity contribution >= 4 is 11.8 Å². The van der Waals surface area contributed by atoms with Crippen LogP contribution in [0.3, 0.4) is 0 Å². The number of nitrogens with zero attached hydrogens (tertiary/aromatic N) is 2. The molecule has 0 aromatic carbocycles. The number of pyridine rings is 1. The zero-order valence-corrected chi connectivity index (χ0v) is 12.2. The van der Waals surface area contributed by atoms with E-state index in [0.29, 0.717) is 5.56 Å². The van der Waals surface area contributed by atoms with Crippen molar-refractivity contribution in [1.82, 2.24) is 4.98 Å². The second-order valence-corrected chi connectivity index (χ2v) is 6.45. The van der Waals surface area contributed by atoms with E-state index in [1.165, 1.54) is 19.3 Å². The number of anilines is 1. The Morgan fingerprint density at radius 3 is 2.50 bits per heavy atom. The number of carbonyl (C=O) groups is 1. The maximum atomic E-state index is 11.3. The number of rotatable bonds is 3. The second-order valence-electron chi connectivity index (χ2n) is 6.45. The van der Waals surface area contributed by atoms with Crippen LogP contribution >= 0.6 is 0 Å². The van der Waals surface area contributed by atoms with Gasteiger partial charge in [0.1, 0.15) is 5.82 Å². The molecular formula is C16H22N2O2. The van der Waals surface area contributed by atoms with E-state index in [0.717, 1.165) is 36.4 Å². The van der Waals surface area contributed by atoms with Gasteiger partial charge in [-0.2, -0.15) is 0 Å². The molecule has 2 heterocycles. The Bertz CT molecular complexity index is 515. The molecule has 0 radical (unpaired) electrons. The average Bonchev–Trinajstić information content (AvgIpc) is 2.98. The fraction of sp³-hybridized carbons (Fsp3) is 0.625. The maximum absolute atomic E-state index is 11.3. The predicted octanol–water partition coefficient (Wildman–Crippen LogP) is 3.14. The van der Waals surface area contributed by atoms with Gasteiger partial charge in [0.25, 0.3) is 0 Å². The third-order valence-corrected chi connectivity index (χ3v) is 4.72. The van der Waals surface area contributed by atoms with Crippen molar-refractivity contribution in [3.63, 3.8) is 0 Å². The lowest BCUT2D eigenvalue weighted by molar-refractivity contribution is 0.0696. The summed E-state index contributed by atoms with van der Waals surface area (Å²) in [6.45, 7) is 6.18. The van der Waals surface area contributed by atoms with Gasteiger partial charge < -0.3 is 10.0 Å². The van der Waals surface area contributed by atoms with Gasteiger partial charge in [0.15, 0.2) is 0 Å². The third kappa shape index (κ3) is 2.39. The fourth-order valence-electron chi connectivity index (χ4n) is 3.54. The Kier molecular flexibility index (Phi) is 3.40. The molecule has 108 valence electrons. The van der Waals surface area contributed by atoms with Gasteiger partial charge in [-0.25, -0.2) is 9.78 Å². The third-order valence-electron chi connectivity index (χ3n) is 4.72. The van der Waals surface area contributed by atoms with E-state index in [9.17, 15) is 9.90 Å². The van der Waals surface area contributed by atoms with E-state index >= 15 is 0 Å². The SMILES string of the molecule is CC(C)c1cc(C(=O)O)cc(N2CC3CCCC3C2)n1. The van der Waals surface area contributed by atoms with Crippen LogP contribution in [0.1, 0.15) is 55.1 Å². The summed E-state index contributed by atoms with van der Waals surface area (Å²) in [6.07, 6.45) is 3.98. The Hall–Kier alpha value is -1.58. The largest absolute Gasteiger partial charge is 0.478 e. The highest BCUT2D eigenvalue weighted by Crippen LogP contribution is 2.39. The molecule has 0 bridgehead atoms. The zero-order valence-electron chi connectivity index (χ0n) is 12.2. The highest BCUT2D eigenvalue weighted by Gasteiger charge is 2.36. The van der Waals surface area contributed by atoms with Crippen LogP contribution < -0.4 is 4.90 Å². The van der Waals surface area contributed by atoms with Crippen LogP contribution in [-0.4, -0.2) is 29.1 Å². The number of carboxylic acids is 1. The van der Waals surface area contributed by atoms with Gasteiger partial charge in [0.2, 0.25) is 0 Å². The number of hydrogen-bond acceptors (Lipinski definition) is 3. The van der Waals surface area contributed by atoms with Gasteiger partial charge in [-0.15, -0.1) is 0 Å². The standard InChI is InChI=1S/C16H22N2O2/c1-10(2)14-6-13(16(19)20)7-15(17-14)18-8-11-4-3-5-12(11)9-18/h6-7,10-12H,3-5,8-9H2,1-2H3,(H,19,20). The highest BCUT2D eigenvalue weighted by molar-refractivity contribution is 5.88. The van der Waals surface area contributed by atoms with Gasteiger partial charge in [-0.3, -0.25) is 0 Å². The van der Waals surface area contributed by atoms with Crippen molar-refractivity contribution < 1.29 is 9.90 Å². The van der Waals surface area contributed by atoms with E-state index in [-0.39, 0.29) is 5.92 Å². The number of hydrogen-bond donors (Lipinski definition) is 1. The first-order valence-electron chi connectivity index (χ1n) is 7.55. The summed E-state index contributed by atoms with van der Waals surface area (Å²) in [5.74, 6) is 1.80. The minimum Gasteiger partial charge on any atom is -0.478 e. The lowest BCUT2D eigenvalue weighted by Crippen LogP contribution is -2.23. The van der Waals surface area contributed by atoms with Crippen molar-refractivity contribution in [1.29, 1.82) is 0 Å². The van der Waals surface area contributed by atoms with Crippen LogP contribution in [-0.2, 0) is 0 Å². The number of fused-ring (bicyclic) bond motifs is 1. The Morgan fingerprint density at radius 1 is 1.30 bits per heavy atom. The summed E-state index contributed by atoms with van der Waals surface area (Å²) in [7, 11) is 0. The molecule has 1 N–H and O–H groups in total. The molecule has 0 spiro atoms. The molecule has 4 heteroatoms. The molecular weight excluding hydrogens is 252 g/mol. The lowest BCUT2D eigenvalue weighted by atomic mass is 10.0. The van der Waals surface area contributed by atoms with Crippen LogP contribution in [0.4, 0.5) is 5.82 Å². The zero-order chi connectivity index (χ0) is 14.3. The molecule has 1 saturated heterocycles. The van der Waals surface area contributed by atoms with Gasteiger partial charge >= 0.3 is 5.97 Å². The molecule has 4 nitrogen and oxygen atoms in total. The van der Waals surface area contributed by atoms with Crippen molar-refractivity contribution in [3.05, 3.63) is 23.4 Å². The quantitative estimate of drug-likeness (QED) is 0.920. The maximum Gasteiger partial charge on any atom is 0.335 e. The minimum absolute atomic E-state index is 0.246. The van der Waals surface area contributed by atoms with E-state index in [2.05, 4.69) is 23.7 Å². The first-order valence-corrected chi connectivity index (χ1v) is 7.55. The predicted molar refractivity (Wildman–Crippen MR) is 78.3 cm³/mol. The molecule has 2 fully saturated rings. The summed E-state index contributed by atoms with van der Waals surface area (Å²) in [5, 5.41) is 9.27. The highest BCUT2D eigenvalue weighted by atomic mass is 16.4. The second kappa shape index (κ2) is 5.08. The normalized spacial score (nSPS) is 25.2. The van der Waals surface area contributed by atoms with Crippen LogP contribution in [0.5, 0.6) is 0 Å². The summed E-state index contributed by atoms with van der Waals surface area (Å²) in [4.78, 5) is 18.3. The first kappa shape index (κ1) is 13.4. The fourth-order valence-corrected chi connectivity index (χ4v) is 3.54. The van der Waals surface area contributed by atoms with E-state index in [1.54, 1.807) is 12.1 Å². The average molecular weight is 274 g/mol. The summed E-state index contributed by atoms with van der Waals surface area (Å²) in [6, 6.07) is 3.43. The van der Waals surface area contributed by atoms with Crippen molar-refractivity contribution in [2.24, 2.45) is 11.8 Å². The molecule has 1 aromatic heterocycles. The topological polar surface area (TPSA) is 53.4 Å². The number of aromatic nitrogens is 1. The van der Waals surface area contributed by atoms with Crippen LogP contribution in [0, 0.1) is 11.8 Å². The summed E-state index contributed by atoms with van der Waals surface area (Å²) >= 11 is 0. The lowest BCUT2D eigenvalue weighted by Gasteiger charge is -2.20. The van der Waals surface area contributed by atoms with Crippen molar-refractivity contribution in [2.75, 3.05) is 18.0 Å². The van der Waals surface area contributed by atoms with Gasteiger partial charge in [-0.1, -0.05) is 20.3 Å². The molecule has 1 aliphatic heterocycles. The molecule has 1 aliphatic carbocycles. The number of carboxylic acid groups (broad SMARTS) is 1. The first-order chi connectivity index (χ1) is 9.54. The molecule has 1 saturated carbocycles. The molecule has 2 unspecified atom stereocenters. The van der Waals surface area contributed by atoms with Gasteiger partial charge in [0.05, 0.1) is 5.56 Å². The smallest absolute Gasteiger partial charge is 0.335 e. The molecule has 0 amide bonds. The van der Waals surface area contributed by atoms with Crippen molar-refractivity contribution in [2.45, 2.75) is 39.0 Å². The van der Waals surface area contributed by atoms with Crippen LogP contribution in [0.15, 0.2) is 12.1 Å². The van der Waals surface area contributed by atoms with Crippen LogP contribution in [0.25, 0.3) is 0 Å². The Balaban J connectivity index is 1.90. The van der Waals surface area contributed by atoms with Crippen molar-refractivity contribution in [3.8, 4) is 0 Å². The molecule has 3 rings (SSSR count). The summed E-state index contributed by atoms with van der Waals surface area (Å²) in [5.41, 5.74) is 1.23. The molecule has 20 heavy (non-hydrogen) atoms. The number of aromatic carboxylic acids is 1. The Morgan fingerprint density at radius 2 is 1.95 bits per heavy atom. The van der Waals surface area contributed by atoms with E-state index in [4.69, 9.17) is 0 Å². The molecule has 1 aromatic rings. The monoisotopic (exact) mass is 274 g/mol. The van der Waals surface area contributed by atoms with E-state index in [1.807, 2.05) is 0 Å². The van der Waals surface area contributed by atoms with Crippen LogP contribution in [0.2, 0.25) is 0 Å². The summed E-state index contributed by atoms with van der Waals surface area (Å²) < 4.78 is 0. The minimum atomic E-state index is -0.866. The molecule has 2 aliphatic rings. The van der Waals surface area contributed by atoms with E-state index < -0.39 is 5.97 Å².